The zero-order chi connectivity index (χ0) is 18.8. The summed E-state index contributed by atoms with van der Waals surface area (Å²) in [6.45, 7) is 6.76. The van der Waals surface area contributed by atoms with Gasteiger partial charge in [-0.25, -0.2) is 14.2 Å². The summed E-state index contributed by atoms with van der Waals surface area (Å²) in [6, 6.07) is 5.72. The molecule has 0 radical (unpaired) electrons. The molecule has 0 amide bonds. The Balaban J connectivity index is 1.35. The van der Waals surface area contributed by atoms with Crippen molar-refractivity contribution in [3.63, 3.8) is 0 Å². The van der Waals surface area contributed by atoms with Crippen molar-refractivity contribution >= 4 is 11.3 Å². The highest BCUT2D eigenvalue weighted by atomic mass is 32.1. The van der Waals surface area contributed by atoms with Crippen LogP contribution in [0.2, 0.25) is 0 Å². The zero-order valence-corrected chi connectivity index (χ0v) is 15.8. The normalized spacial score (nSPS) is 16.1. The van der Waals surface area contributed by atoms with Crippen LogP contribution in [0.3, 0.4) is 0 Å². The Hall–Kier alpha value is -2.36. The summed E-state index contributed by atoms with van der Waals surface area (Å²) in [5.74, 6) is -0.640. The maximum atomic E-state index is 13.0. The summed E-state index contributed by atoms with van der Waals surface area (Å²) >= 11 is 1.67. The molecule has 9 heteroatoms. The number of halogens is 1. The van der Waals surface area contributed by atoms with Crippen molar-refractivity contribution in [2.45, 2.75) is 20.1 Å². The molecule has 3 heterocycles. The molecule has 1 aliphatic rings. The van der Waals surface area contributed by atoms with E-state index in [9.17, 15) is 9.18 Å². The Morgan fingerprint density at radius 3 is 2.52 bits per heavy atom. The fourth-order valence-electron chi connectivity index (χ4n) is 3.09. The largest absolute Gasteiger partial charge is 0.438 e. The van der Waals surface area contributed by atoms with Crippen molar-refractivity contribution in [2.75, 3.05) is 26.2 Å². The van der Waals surface area contributed by atoms with E-state index in [1.807, 2.05) is 6.92 Å². The highest BCUT2D eigenvalue weighted by Gasteiger charge is 2.20. The van der Waals surface area contributed by atoms with Crippen LogP contribution in [-0.4, -0.2) is 50.7 Å². The number of piperazine rings is 1. The van der Waals surface area contributed by atoms with Crippen LogP contribution in [0.25, 0.3) is 11.5 Å². The van der Waals surface area contributed by atoms with E-state index < -0.39 is 5.76 Å². The third-order valence-corrected chi connectivity index (χ3v) is 5.37. The van der Waals surface area contributed by atoms with Crippen molar-refractivity contribution in [1.29, 1.82) is 0 Å². The van der Waals surface area contributed by atoms with Crippen molar-refractivity contribution < 1.29 is 8.81 Å². The van der Waals surface area contributed by atoms with Gasteiger partial charge in [0.2, 0.25) is 5.89 Å². The molecule has 1 aromatic carbocycles. The minimum Gasteiger partial charge on any atom is -0.388 e. The number of rotatable bonds is 5. The number of hydrogen-bond acceptors (Lipinski definition) is 7. The number of nitrogens with zero attached hydrogens (tertiary/aromatic N) is 5. The third-order valence-electron chi connectivity index (χ3n) is 4.55. The van der Waals surface area contributed by atoms with E-state index in [1.54, 1.807) is 23.5 Å². The van der Waals surface area contributed by atoms with E-state index in [1.165, 1.54) is 16.8 Å². The molecule has 142 valence electrons. The molecule has 7 nitrogen and oxygen atoms in total. The van der Waals surface area contributed by atoms with Crippen molar-refractivity contribution in [1.82, 2.24) is 24.6 Å². The second-order valence-corrected chi connectivity index (χ2v) is 7.64. The van der Waals surface area contributed by atoms with Gasteiger partial charge in [0.05, 0.1) is 10.7 Å². The van der Waals surface area contributed by atoms with Crippen LogP contribution in [0.15, 0.2) is 38.9 Å². The first-order valence-electron chi connectivity index (χ1n) is 8.76. The monoisotopic (exact) mass is 389 g/mol. The first-order chi connectivity index (χ1) is 13.1. The van der Waals surface area contributed by atoms with Crippen LogP contribution in [0.5, 0.6) is 0 Å². The number of benzene rings is 1. The molecule has 0 aliphatic carbocycles. The molecule has 4 rings (SSSR count). The minimum atomic E-state index is -0.505. The van der Waals surface area contributed by atoms with E-state index in [4.69, 9.17) is 4.42 Å². The molecule has 3 aromatic rings. The first-order valence-corrected chi connectivity index (χ1v) is 9.64. The van der Waals surface area contributed by atoms with Crippen LogP contribution in [0, 0.1) is 12.7 Å². The maximum absolute atomic E-state index is 13.0. The van der Waals surface area contributed by atoms with Gasteiger partial charge in [-0.3, -0.25) is 9.80 Å². The fraction of sp³-hybridized carbons (Fsp3) is 0.389. The van der Waals surface area contributed by atoms with Crippen molar-refractivity contribution in [3.05, 3.63) is 56.7 Å². The van der Waals surface area contributed by atoms with Crippen LogP contribution in [0.1, 0.15) is 10.7 Å². The molecule has 1 aliphatic heterocycles. The van der Waals surface area contributed by atoms with Gasteiger partial charge in [-0.1, -0.05) is 0 Å². The summed E-state index contributed by atoms with van der Waals surface area (Å²) in [6.07, 6.45) is 0. The maximum Gasteiger partial charge on any atom is 0.438 e. The molecule has 0 unspecified atom stereocenters. The molecular weight excluding hydrogens is 369 g/mol. The van der Waals surface area contributed by atoms with E-state index in [0.29, 0.717) is 12.2 Å². The molecule has 1 saturated heterocycles. The smallest absolute Gasteiger partial charge is 0.388 e. The van der Waals surface area contributed by atoms with Crippen LogP contribution in [0.4, 0.5) is 4.39 Å². The van der Waals surface area contributed by atoms with Crippen molar-refractivity contribution in [2.24, 2.45) is 0 Å². The lowest BCUT2D eigenvalue weighted by Gasteiger charge is -2.33. The number of aryl methyl sites for hydroxylation is 1. The second-order valence-electron chi connectivity index (χ2n) is 6.57. The average molecular weight is 389 g/mol. The molecular formula is C18H20FN5O2S. The Morgan fingerprint density at radius 1 is 1.15 bits per heavy atom. The zero-order valence-electron chi connectivity index (χ0n) is 15.0. The highest BCUT2D eigenvalue weighted by molar-refractivity contribution is 7.09. The Labute approximate surface area is 159 Å². The van der Waals surface area contributed by atoms with Crippen molar-refractivity contribution in [3.8, 4) is 11.5 Å². The minimum absolute atomic E-state index is 0.206. The second kappa shape index (κ2) is 7.71. The summed E-state index contributed by atoms with van der Waals surface area (Å²) in [4.78, 5) is 21.1. The van der Waals surface area contributed by atoms with Gasteiger partial charge in [0, 0.05) is 43.7 Å². The number of thiazole rings is 1. The van der Waals surface area contributed by atoms with Gasteiger partial charge >= 0.3 is 5.76 Å². The molecule has 2 aromatic heterocycles. The topological polar surface area (TPSA) is 67.4 Å². The van der Waals surface area contributed by atoms with E-state index in [2.05, 4.69) is 25.3 Å². The predicted octanol–water partition coefficient (Wildman–Crippen LogP) is 2.18. The SMILES string of the molecule is Cc1nc(CN2CCN(Cn3nc(-c4ccc(F)cc4)oc3=O)CC2)cs1. The lowest BCUT2D eigenvalue weighted by molar-refractivity contribution is 0.0957. The summed E-state index contributed by atoms with van der Waals surface area (Å²) in [5, 5.41) is 7.44. The van der Waals surface area contributed by atoms with Gasteiger partial charge in [0.25, 0.3) is 0 Å². The predicted molar refractivity (Wildman–Crippen MR) is 99.9 cm³/mol. The summed E-state index contributed by atoms with van der Waals surface area (Å²) in [7, 11) is 0. The van der Waals surface area contributed by atoms with E-state index in [0.717, 1.165) is 43.4 Å². The third kappa shape index (κ3) is 4.32. The van der Waals surface area contributed by atoms with Gasteiger partial charge in [-0.15, -0.1) is 16.4 Å². The summed E-state index contributed by atoms with van der Waals surface area (Å²) in [5.41, 5.74) is 1.69. The quantitative estimate of drug-likeness (QED) is 0.666. The van der Waals surface area contributed by atoms with E-state index >= 15 is 0 Å². The molecule has 27 heavy (non-hydrogen) atoms. The lowest BCUT2D eigenvalue weighted by atomic mass is 10.2. The van der Waals surface area contributed by atoms with Gasteiger partial charge in [-0.2, -0.15) is 4.68 Å². The van der Waals surface area contributed by atoms with Crippen LogP contribution < -0.4 is 5.76 Å². The van der Waals surface area contributed by atoms with Gasteiger partial charge in [-0.05, 0) is 31.2 Å². The van der Waals surface area contributed by atoms with E-state index in [-0.39, 0.29) is 11.7 Å². The Bertz CT molecular complexity index is 957. The standard InChI is InChI=1S/C18H20FN5O2S/c1-13-20-16(11-27-13)10-22-6-8-23(9-7-22)12-24-18(25)26-17(21-24)14-2-4-15(19)5-3-14/h2-5,11H,6-10,12H2,1H3. The van der Waals surface area contributed by atoms with Gasteiger partial charge < -0.3 is 4.42 Å². The highest BCUT2D eigenvalue weighted by Crippen LogP contribution is 2.16. The molecule has 0 saturated carbocycles. The number of hydrogen-bond donors (Lipinski definition) is 0. The van der Waals surface area contributed by atoms with Gasteiger partial charge in [0.1, 0.15) is 12.5 Å². The van der Waals surface area contributed by atoms with Crippen LogP contribution >= 0.6 is 11.3 Å². The Kier molecular flexibility index (Phi) is 5.15. The molecule has 0 N–H and O–H groups in total. The van der Waals surface area contributed by atoms with Gasteiger partial charge in [0.15, 0.2) is 0 Å². The Morgan fingerprint density at radius 2 is 1.85 bits per heavy atom. The number of aromatic nitrogens is 3. The molecule has 0 atom stereocenters. The lowest BCUT2D eigenvalue weighted by Crippen LogP contribution is -2.47. The molecule has 1 fully saturated rings. The fourth-order valence-corrected chi connectivity index (χ4v) is 3.70. The average Bonchev–Trinajstić information content (AvgIpc) is 3.23. The molecule has 0 bridgehead atoms. The molecule has 0 spiro atoms. The summed E-state index contributed by atoms with van der Waals surface area (Å²) < 4.78 is 19.6. The van der Waals surface area contributed by atoms with Crippen LogP contribution in [-0.2, 0) is 13.2 Å². The first kappa shape index (κ1) is 18.0.